The van der Waals surface area contributed by atoms with Crippen molar-refractivity contribution in [3.63, 3.8) is 0 Å². The van der Waals surface area contributed by atoms with Crippen LogP contribution in [0.25, 0.3) is 0 Å². The van der Waals surface area contributed by atoms with Crippen LogP contribution >= 0.6 is 0 Å². The molecule has 0 bridgehead atoms. The van der Waals surface area contributed by atoms with Gasteiger partial charge in [-0.3, -0.25) is 9.59 Å². The summed E-state index contributed by atoms with van der Waals surface area (Å²) in [5.74, 6) is -0.228. The molecule has 1 rings (SSSR count). The number of ether oxygens (including phenoxy) is 2. The van der Waals surface area contributed by atoms with Crippen molar-refractivity contribution in [2.75, 3.05) is 19.8 Å². The van der Waals surface area contributed by atoms with Crippen LogP contribution in [-0.4, -0.2) is 31.6 Å². The number of amides is 1. The van der Waals surface area contributed by atoms with Gasteiger partial charge in [-0.15, -0.1) is 0 Å². The van der Waals surface area contributed by atoms with Gasteiger partial charge in [0.2, 0.25) is 0 Å². The van der Waals surface area contributed by atoms with E-state index in [-0.39, 0.29) is 32.6 Å². The molecule has 0 aliphatic heterocycles. The van der Waals surface area contributed by atoms with Crippen LogP contribution in [0.2, 0.25) is 0 Å². The first-order valence-electron chi connectivity index (χ1n) is 6.60. The Morgan fingerprint density at radius 1 is 1.38 bits per heavy atom. The van der Waals surface area contributed by atoms with Gasteiger partial charge in [-0.25, -0.2) is 0 Å². The van der Waals surface area contributed by atoms with E-state index in [4.69, 9.17) is 14.7 Å². The lowest BCUT2D eigenvalue weighted by atomic mass is 10.2. The lowest BCUT2D eigenvalue weighted by Crippen LogP contribution is -2.29. The molecule has 0 aliphatic carbocycles. The van der Waals surface area contributed by atoms with E-state index in [2.05, 4.69) is 5.32 Å². The molecule has 0 heterocycles. The minimum atomic E-state index is -0.502. The Bertz CT molecular complexity index is 523. The maximum absolute atomic E-state index is 11.4. The second kappa shape index (κ2) is 9.37. The number of hydrogen-bond acceptors (Lipinski definition) is 5. The Labute approximate surface area is 123 Å². The Morgan fingerprint density at radius 3 is 2.90 bits per heavy atom. The number of benzene rings is 1. The molecule has 21 heavy (non-hydrogen) atoms. The van der Waals surface area contributed by atoms with Gasteiger partial charge in [-0.2, -0.15) is 5.26 Å². The van der Waals surface area contributed by atoms with E-state index in [1.807, 2.05) is 31.2 Å². The summed E-state index contributed by atoms with van der Waals surface area (Å²) in [4.78, 5) is 22.6. The van der Waals surface area contributed by atoms with Gasteiger partial charge in [0.25, 0.3) is 5.91 Å². The third-order valence-corrected chi connectivity index (χ3v) is 2.49. The zero-order valence-electron chi connectivity index (χ0n) is 11.9. The second-order valence-electron chi connectivity index (χ2n) is 4.33. The molecule has 0 saturated heterocycles. The van der Waals surface area contributed by atoms with Crippen LogP contribution in [-0.2, 0) is 14.3 Å². The molecule has 0 saturated carbocycles. The standard InChI is InChI=1S/C15H18N2O4/c1-12-4-2-5-13(10-12)20-9-6-15(19)21-11-14(18)17-8-3-7-16/h2,4-5,10H,3,6,8-9,11H2,1H3,(H,17,18). The Morgan fingerprint density at radius 2 is 2.19 bits per heavy atom. The third-order valence-electron chi connectivity index (χ3n) is 2.49. The van der Waals surface area contributed by atoms with E-state index in [1.54, 1.807) is 6.07 Å². The number of nitrogens with one attached hydrogen (secondary N) is 1. The Kier molecular flexibility index (Phi) is 7.36. The maximum Gasteiger partial charge on any atom is 0.309 e. The first kappa shape index (κ1) is 16.5. The number of nitrogens with zero attached hydrogens (tertiary/aromatic N) is 1. The maximum atomic E-state index is 11.4. The number of carbonyl (C=O) groups excluding carboxylic acids is 2. The quantitative estimate of drug-likeness (QED) is 0.576. The molecule has 0 unspecified atom stereocenters. The van der Waals surface area contributed by atoms with Gasteiger partial charge in [0.15, 0.2) is 6.61 Å². The average Bonchev–Trinajstić information content (AvgIpc) is 2.45. The fourth-order valence-corrected chi connectivity index (χ4v) is 1.48. The van der Waals surface area contributed by atoms with Crippen LogP contribution in [0.15, 0.2) is 24.3 Å². The zero-order chi connectivity index (χ0) is 15.5. The molecule has 1 aromatic carbocycles. The lowest BCUT2D eigenvalue weighted by Gasteiger charge is -2.07. The van der Waals surface area contributed by atoms with Gasteiger partial charge < -0.3 is 14.8 Å². The summed E-state index contributed by atoms with van der Waals surface area (Å²) in [7, 11) is 0. The summed E-state index contributed by atoms with van der Waals surface area (Å²) in [6.07, 6.45) is 0.295. The highest BCUT2D eigenvalue weighted by molar-refractivity contribution is 5.80. The molecule has 6 heteroatoms. The van der Waals surface area contributed by atoms with Crippen LogP contribution < -0.4 is 10.1 Å². The number of carbonyl (C=O) groups is 2. The van der Waals surface area contributed by atoms with Gasteiger partial charge in [0.05, 0.1) is 25.5 Å². The van der Waals surface area contributed by atoms with Crippen molar-refractivity contribution in [3.8, 4) is 11.8 Å². The summed E-state index contributed by atoms with van der Waals surface area (Å²) in [5.41, 5.74) is 1.07. The number of rotatable bonds is 8. The summed E-state index contributed by atoms with van der Waals surface area (Å²) < 4.78 is 10.2. The van der Waals surface area contributed by atoms with E-state index in [9.17, 15) is 9.59 Å². The van der Waals surface area contributed by atoms with Gasteiger partial charge in [0.1, 0.15) is 5.75 Å². The van der Waals surface area contributed by atoms with Crippen LogP contribution in [0, 0.1) is 18.3 Å². The van der Waals surface area contributed by atoms with Crippen molar-refractivity contribution in [2.24, 2.45) is 0 Å². The molecule has 0 aliphatic rings. The second-order valence-corrected chi connectivity index (χ2v) is 4.33. The first-order chi connectivity index (χ1) is 10.1. The summed E-state index contributed by atoms with van der Waals surface area (Å²) in [6, 6.07) is 9.39. The minimum absolute atomic E-state index is 0.0689. The number of esters is 1. The van der Waals surface area contributed by atoms with E-state index in [0.717, 1.165) is 5.56 Å². The van der Waals surface area contributed by atoms with Crippen molar-refractivity contribution in [1.82, 2.24) is 5.32 Å². The predicted molar refractivity (Wildman–Crippen MR) is 75.5 cm³/mol. The topological polar surface area (TPSA) is 88.4 Å². The smallest absolute Gasteiger partial charge is 0.309 e. The Balaban J connectivity index is 2.14. The molecule has 1 aromatic rings. The van der Waals surface area contributed by atoms with Gasteiger partial charge in [0, 0.05) is 6.54 Å². The molecular formula is C15H18N2O4. The monoisotopic (exact) mass is 290 g/mol. The highest BCUT2D eigenvalue weighted by Gasteiger charge is 2.07. The molecule has 0 fully saturated rings. The fourth-order valence-electron chi connectivity index (χ4n) is 1.48. The average molecular weight is 290 g/mol. The molecule has 0 aromatic heterocycles. The van der Waals surface area contributed by atoms with Crippen LogP contribution in [0.5, 0.6) is 5.75 Å². The Hall–Kier alpha value is -2.55. The van der Waals surface area contributed by atoms with Gasteiger partial charge in [-0.1, -0.05) is 12.1 Å². The molecular weight excluding hydrogens is 272 g/mol. The SMILES string of the molecule is Cc1cccc(OCCC(=O)OCC(=O)NCCC#N)c1. The van der Waals surface area contributed by atoms with E-state index in [1.165, 1.54) is 0 Å². The van der Waals surface area contributed by atoms with Crippen molar-refractivity contribution >= 4 is 11.9 Å². The zero-order valence-corrected chi connectivity index (χ0v) is 11.9. The predicted octanol–water partition coefficient (Wildman–Crippen LogP) is 1.34. The van der Waals surface area contributed by atoms with Crippen molar-refractivity contribution in [2.45, 2.75) is 19.8 Å². The van der Waals surface area contributed by atoms with E-state index in [0.29, 0.717) is 5.75 Å². The summed E-state index contributed by atoms with van der Waals surface area (Å²) in [6.45, 7) is 2.06. The number of aryl methyl sites for hydroxylation is 1. The van der Waals surface area contributed by atoms with Gasteiger partial charge in [-0.05, 0) is 24.6 Å². The molecule has 6 nitrogen and oxygen atoms in total. The molecule has 1 N–H and O–H groups in total. The fraction of sp³-hybridized carbons (Fsp3) is 0.400. The highest BCUT2D eigenvalue weighted by atomic mass is 16.5. The number of nitriles is 1. The minimum Gasteiger partial charge on any atom is -0.493 e. The van der Waals surface area contributed by atoms with E-state index >= 15 is 0 Å². The summed E-state index contributed by atoms with van der Waals surface area (Å²) >= 11 is 0. The van der Waals surface area contributed by atoms with Crippen LogP contribution in [0.4, 0.5) is 0 Å². The van der Waals surface area contributed by atoms with Crippen molar-refractivity contribution in [1.29, 1.82) is 5.26 Å². The largest absolute Gasteiger partial charge is 0.493 e. The molecule has 0 radical (unpaired) electrons. The normalized spacial score (nSPS) is 9.52. The highest BCUT2D eigenvalue weighted by Crippen LogP contribution is 2.12. The molecule has 112 valence electrons. The van der Waals surface area contributed by atoms with E-state index < -0.39 is 11.9 Å². The molecule has 1 amide bonds. The van der Waals surface area contributed by atoms with Gasteiger partial charge >= 0.3 is 5.97 Å². The van der Waals surface area contributed by atoms with Crippen LogP contribution in [0.3, 0.4) is 0 Å². The van der Waals surface area contributed by atoms with Crippen molar-refractivity contribution < 1.29 is 19.1 Å². The van der Waals surface area contributed by atoms with Crippen LogP contribution in [0.1, 0.15) is 18.4 Å². The molecule has 0 spiro atoms. The van der Waals surface area contributed by atoms with Crippen molar-refractivity contribution in [3.05, 3.63) is 29.8 Å². The molecule has 0 atom stereocenters. The number of hydrogen-bond donors (Lipinski definition) is 1. The first-order valence-corrected chi connectivity index (χ1v) is 6.60. The lowest BCUT2D eigenvalue weighted by molar-refractivity contribution is -0.149. The third kappa shape index (κ3) is 7.57. The summed E-state index contributed by atoms with van der Waals surface area (Å²) in [5, 5.41) is 10.8.